The van der Waals surface area contributed by atoms with Gasteiger partial charge in [0.15, 0.2) is 0 Å². The van der Waals surface area contributed by atoms with E-state index in [9.17, 15) is 4.79 Å². The molecule has 0 unspecified atom stereocenters. The normalized spacial score (nSPS) is 10.5. The summed E-state index contributed by atoms with van der Waals surface area (Å²) in [6.45, 7) is 0.749. The van der Waals surface area contributed by atoms with Crippen LogP contribution in [-0.2, 0) is 6.42 Å². The van der Waals surface area contributed by atoms with Gasteiger partial charge in [-0.2, -0.15) is 0 Å². The molecule has 2 aromatic heterocycles. The van der Waals surface area contributed by atoms with E-state index in [2.05, 4.69) is 24.1 Å². The highest BCUT2D eigenvalue weighted by Gasteiger charge is 2.13. The first-order chi connectivity index (χ1) is 8.16. The van der Waals surface area contributed by atoms with Crippen molar-refractivity contribution in [3.63, 3.8) is 0 Å². The second kappa shape index (κ2) is 5.71. The molecule has 1 amide bonds. The smallest absolute Gasteiger partial charge is 0.263 e. The van der Waals surface area contributed by atoms with E-state index in [4.69, 9.17) is 0 Å². The summed E-state index contributed by atoms with van der Waals surface area (Å²) in [5.41, 5.74) is 0. The number of amides is 1. The molecule has 2 nitrogen and oxygen atoms in total. The SMILES string of the molecule is CN(CCc1cccs1)C(=O)c1cc(S)cs1. The van der Waals surface area contributed by atoms with E-state index < -0.39 is 0 Å². The van der Waals surface area contributed by atoms with Gasteiger partial charge in [-0.1, -0.05) is 6.07 Å². The maximum atomic E-state index is 12.0. The molecule has 0 aliphatic heterocycles. The van der Waals surface area contributed by atoms with Crippen LogP contribution in [0.4, 0.5) is 0 Å². The van der Waals surface area contributed by atoms with Crippen LogP contribution in [0.25, 0.3) is 0 Å². The lowest BCUT2D eigenvalue weighted by Gasteiger charge is -2.15. The lowest BCUT2D eigenvalue weighted by molar-refractivity contribution is 0.0801. The molecule has 2 aromatic rings. The van der Waals surface area contributed by atoms with Crippen molar-refractivity contribution in [3.8, 4) is 0 Å². The number of thiol groups is 1. The van der Waals surface area contributed by atoms with Crippen LogP contribution in [0.3, 0.4) is 0 Å². The molecule has 0 fully saturated rings. The summed E-state index contributed by atoms with van der Waals surface area (Å²) >= 11 is 7.38. The van der Waals surface area contributed by atoms with Crippen molar-refractivity contribution in [2.24, 2.45) is 0 Å². The minimum absolute atomic E-state index is 0.0758. The van der Waals surface area contributed by atoms with Crippen LogP contribution >= 0.6 is 35.3 Å². The van der Waals surface area contributed by atoms with Crippen LogP contribution in [0.2, 0.25) is 0 Å². The number of likely N-dealkylation sites (N-methyl/N-ethyl adjacent to an activating group) is 1. The molecule has 90 valence electrons. The number of nitrogens with zero attached hydrogens (tertiary/aromatic N) is 1. The Morgan fingerprint density at radius 3 is 2.88 bits per heavy atom. The fraction of sp³-hybridized carbons (Fsp3) is 0.250. The molecule has 17 heavy (non-hydrogen) atoms. The van der Waals surface area contributed by atoms with Crippen LogP contribution in [0.15, 0.2) is 33.9 Å². The largest absolute Gasteiger partial charge is 0.341 e. The van der Waals surface area contributed by atoms with Crippen LogP contribution in [-0.4, -0.2) is 24.4 Å². The number of thiophene rings is 2. The zero-order chi connectivity index (χ0) is 12.3. The van der Waals surface area contributed by atoms with Crippen molar-refractivity contribution < 1.29 is 4.79 Å². The van der Waals surface area contributed by atoms with Gasteiger partial charge in [0, 0.05) is 28.7 Å². The Bertz CT molecular complexity index is 490. The Kier molecular flexibility index (Phi) is 4.25. The van der Waals surface area contributed by atoms with Crippen molar-refractivity contribution in [2.45, 2.75) is 11.3 Å². The molecule has 0 aliphatic carbocycles. The molecular weight excluding hydrogens is 270 g/mol. The first-order valence-electron chi connectivity index (χ1n) is 5.22. The molecule has 0 bridgehead atoms. The van der Waals surface area contributed by atoms with Gasteiger partial charge in [-0.25, -0.2) is 0 Å². The van der Waals surface area contributed by atoms with E-state index in [1.54, 1.807) is 16.2 Å². The van der Waals surface area contributed by atoms with Gasteiger partial charge in [0.2, 0.25) is 0 Å². The van der Waals surface area contributed by atoms with Gasteiger partial charge in [0.25, 0.3) is 5.91 Å². The van der Waals surface area contributed by atoms with Gasteiger partial charge < -0.3 is 4.90 Å². The predicted molar refractivity (Wildman–Crippen MR) is 76.6 cm³/mol. The molecule has 0 saturated carbocycles. The average molecular weight is 283 g/mol. The number of hydrogen-bond acceptors (Lipinski definition) is 4. The first kappa shape index (κ1) is 12.7. The minimum atomic E-state index is 0.0758. The monoisotopic (exact) mass is 283 g/mol. The van der Waals surface area contributed by atoms with Crippen LogP contribution in [0.5, 0.6) is 0 Å². The van der Waals surface area contributed by atoms with Gasteiger partial charge in [-0.05, 0) is 23.9 Å². The summed E-state index contributed by atoms with van der Waals surface area (Å²) in [4.78, 5) is 16.7. The third kappa shape index (κ3) is 3.34. The number of hydrogen-bond donors (Lipinski definition) is 1. The van der Waals surface area contributed by atoms with E-state index in [1.165, 1.54) is 16.2 Å². The van der Waals surface area contributed by atoms with Crippen LogP contribution < -0.4 is 0 Å². The second-order valence-electron chi connectivity index (χ2n) is 3.73. The fourth-order valence-electron chi connectivity index (χ4n) is 1.46. The predicted octanol–water partition coefficient (Wildman–Crippen LogP) is 3.41. The topological polar surface area (TPSA) is 20.3 Å². The lowest BCUT2D eigenvalue weighted by Crippen LogP contribution is -2.27. The first-order valence-corrected chi connectivity index (χ1v) is 7.43. The summed E-state index contributed by atoms with van der Waals surface area (Å²) in [5.74, 6) is 0.0758. The Balaban J connectivity index is 1.91. The molecule has 0 aromatic carbocycles. The van der Waals surface area contributed by atoms with Crippen molar-refractivity contribution in [1.82, 2.24) is 4.90 Å². The van der Waals surface area contributed by atoms with Crippen molar-refractivity contribution in [3.05, 3.63) is 38.7 Å². The molecule has 0 N–H and O–H groups in total. The Hall–Kier alpha value is -0.780. The summed E-state index contributed by atoms with van der Waals surface area (Å²) in [7, 11) is 1.84. The Morgan fingerprint density at radius 1 is 1.47 bits per heavy atom. The zero-order valence-electron chi connectivity index (χ0n) is 9.42. The lowest BCUT2D eigenvalue weighted by atomic mass is 10.3. The summed E-state index contributed by atoms with van der Waals surface area (Å²) in [6, 6.07) is 5.95. The molecule has 0 saturated heterocycles. The van der Waals surface area contributed by atoms with Gasteiger partial charge in [-0.3, -0.25) is 4.79 Å². The third-order valence-electron chi connectivity index (χ3n) is 2.42. The number of carbonyl (C=O) groups is 1. The molecule has 5 heteroatoms. The van der Waals surface area contributed by atoms with E-state index >= 15 is 0 Å². The molecule has 2 rings (SSSR count). The number of rotatable bonds is 4. The highest BCUT2D eigenvalue weighted by molar-refractivity contribution is 7.80. The van der Waals surface area contributed by atoms with E-state index in [1.807, 2.05) is 24.6 Å². The maximum Gasteiger partial charge on any atom is 0.263 e. The molecule has 0 aliphatic rings. The molecule has 2 heterocycles. The molecule has 0 atom stereocenters. The molecule has 0 spiro atoms. The highest BCUT2D eigenvalue weighted by atomic mass is 32.1. The summed E-state index contributed by atoms with van der Waals surface area (Å²) in [5, 5.41) is 3.94. The maximum absolute atomic E-state index is 12.0. The molecular formula is C12H13NOS3. The number of carbonyl (C=O) groups excluding carboxylic acids is 1. The van der Waals surface area contributed by atoms with Crippen LogP contribution in [0.1, 0.15) is 14.5 Å². The van der Waals surface area contributed by atoms with E-state index in [0.29, 0.717) is 0 Å². The Morgan fingerprint density at radius 2 is 2.29 bits per heavy atom. The second-order valence-corrected chi connectivity index (χ2v) is 6.19. The van der Waals surface area contributed by atoms with E-state index in [0.717, 1.165) is 22.7 Å². The highest BCUT2D eigenvalue weighted by Crippen LogP contribution is 2.19. The quantitative estimate of drug-likeness (QED) is 0.853. The van der Waals surface area contributed by atoms with Crippen molar-refractivity contribution >= 4 is 41.2 Å². The van der Waals surface area contributed by atoms with Gasteiger partial charge in [0.1, 0.15) is 0 Å². The van der Waals surface area contributed by atoms with Crippen LogP contribution in [0, 0.1) is 0 Å². The minimum Gasteiger partial charge on any atom is -0.341 e. The molecule has 0 radical (unpaired) electrons. The summed E-state index contributed by atoms with van der Waals surface area (Å²) < 4.78 is 0. The van der Waals surface area contributed by atoms with E-state index in [-0.39, 0.29) is 5.91 Å². The van der Waals surface area contributed by atoms with Gasteiger partial charge in [0.05, 0.1) is 4.88 Å². The average Bonchev–Trinajstić information content (AvgIpc) is 2.95. The zero-order valence-corrected chi connectivity index (χ0v) is 11.9. The van der Waals surface area contributed by atoms with Crippen molar-refractivity contribution in [2.75, 3.05) is 13.6 Å². The van der Waals surface area contributed by atoms with Gasteiger partial charge in [-0.15, -0.1) is 35.3 Å². The van der Waals surface area contributed by atoms with Crippen molar-refractivity contribution in [1.29, 1.82) is 0 Å². The Labute approximate surface area is 114 Å². The summed E-state index contributed by atoms with van der Waals surface area (Å²) in [6.07, 6.45) is 0.916. The fourth-order valence-corrected chi connectivity index (χ4v) is 3.30. The third-order valence-corrected chi connectivity index (χ3v) is 4.70. The standard InChI is InChI=1S/C12H13NOS3/c1-13(5-4-10-3-2-6-16-10)12(14)11-7-9(15)8-17-11/h2-3,6-8,15H,4-5H2,1H3. The van der Waals surface area contributed by atoms with Gasteiger partial charge >= 0.3 is 0 Å².